The van der Waals surface area contributed by atoms with Gasteiger partial charge in [0.05, 0.1) is 16.7 Å². The Labute approximate surface area is 159 Å². The second-order valence-corrected chi connectivity index (χ2v) is 7.35. The number of piperazine rings is 1. The van der Waals surface area contributed by atoms with E-state index in [9.17, 15) is 14.0 Å². The van der Waals surface area contributed by atoms with Crippen molar-refractivity contribution in [1.29, 1.82) is 0 Å². The SMILES string of the molecule is O=C(c1ccoc1)N1CCN(C(=O)c2ccc(-c3ccc(F)cc3)s2)CC1. The topological polar surface area (TPSA) is 53.8 Å². The zero-order valence-corrected chi connectivity index (χ0v) is 15.2. The van der Waals surface area contributed by atoms with Gasteiger partial charge in [-0.1, -0.05) is 12.1 Å². The molecule has 0 unspecified atom stereocenters. The summed E-state index contributed by atoms with van der Waals surface area (Å²) in [6, 6.07) is 11.5. The minimum atomic E-state index is -0.283. The molecule has 1 saturated heterocycles. The van der Waals surface area contributed by atoms with E-state index in [-0.39, 0.29) is 17.6 Å². The number of hydrogen-bond donors (Lipinski definition) is 0. The number of furan rings is 1. The fraction of sp³-hybridized carbons (Fsp3) is 0.200. The Morgan fingerprint density at radius 2 is 1.56 bits per heavy atom. The van der Waals surface area contributed by atoms with Gasteiger partial charge in [0.15, 0.2) is 0 Å². The van der Waals surface area contributed by atoms with E-state index in [2.05, 4.69) is 0 Å². The summed E-state index contributed by atoms with van der Waals surface area (Å²) < 4.78 is 18.0. The third-order valence-electron chi connectivity index (χ3n) is 4.57. The second kappa shape index (κ2) is 7.36. The summed E-state index contributed by atoms with van der Waals surface area (Å²) in [5.41, 5.74) is 1.41. The number of hydrogen-bond acceptors (Lipinski definition) is 4. The van der Waals surface area contributed by atoms with Crippen molar-refractivity contribution in [2.45, 2.75) is 0 Å². The van der Waals surface area contributed by atoms with Crippen molar-refractivity contribution in [1.82, 2.24) is 9.80 Å². The van der Waals surface area contributed by atoms with Gasteiger partial charge in [0.25, 0.3) is 11.8 Å². The predicted octanol–water partition coefficient (Wildman–Crippen LogP) is 3.75. The van der Waals surface area contributed by atoms with Crippen LogP contribution >= 0.6 is 11.3 Å². The van der Waals surface area contributed by atoms with E-state index in [0.29, 0.717) is 36.6 Å². The molecular formula is C20H17FN2O3S. The summed E-state index contributed by atoms with van der Waals surface area (Å²) in [7, 11) is 0. The zero-order chi connectivity index (χ0) is 18.8. The largest absolute Gasteiger partial charge is 0.472 e. The molecule has 0 saturated carbocycles. The van der Waals surface area contributed by atoms with Gasteiger partial charge in [0.2, 0.25) is 0 Å². The highest BCUT2D eigenvalue weighted by Gasteiger charge is 2.26. The third-order valence-corrected chi connectivity index (χ3v) is 5.69. The number of benzene rings is 1. The van der Waals surface area contributed by atoms with Gasteiger partial charge < -0.3 is 14.2 Å². The third kappa shape index (κ3) is 3.64. The van der Waals surface area contributed by atoms with Crippen LogP contribution in [0, 0.1) is 5.82 Å². The summed E-state index contributed by atoms with van der Waals surface area (Å²) in [6.07, 6.45) is 2.91. The molecule has 3 aromatic rings. The number of carbonyl (C=O) groups is 2. The van der Waals surface area contributed by atoms with Crippen molar-refractivity contribution in [2.24, 2.45) is 0 Å². The van der Waals surface area contributed by atoms with E-state index in [4.69, 9.17) is 4.42 Å². The molecule has 4 rings (SSSR count). The summed E-state index contributed by atoms with van der Waals surface area (Å²) in [6.45, 7) is 1.97. The van der Waals surface area contributed by atoms with Crippen LogP contribution in [0.15, 0.2) is 59.4 Å². The Morgan fingerprint density at radius 3 is 2.19 bits per heavy atom. The number of nitrogens with zero attached hydrogens (tertiary/aromatic N) is 2. The average molecular weight is 384 g/mol. The van der Waals surface area contributed by atoms with E-state index >= 15 is 0 Å². The molecule has 1 aromatic carbocycles. The van der Waals surface area contributed by atoms with E-state index < -0.39 is 0 Å². The van der Waals surface area contributed by atoms with Gasteiger partial charge in [-0.25, -0.2) is 4.39 Å². The summed E-state index contributed by atoms with van der Waals surface area (Å²) >= 11 is 1.39. The lowest BCUT2D eigenvalue weighted by molar-refractivity contribution is 0.0537. The maximum atomic E-state index is 13.1. The monoisotopic (exact) mass is 384 g/mol. The van der Waals surface area contributed by atoms with Gasteiger partial charge in [-0.05, 0) is 35.9 Å². The first kappa shape index (κ1) is 17.5. The number of amides is 2. The normalized spacial score (nSPS) is 14.4. The summed E-state index contributed by atoms with van der Waals surface area (Å²) in [5, 5.41) is 0. The van der Waals surface area contributed by atoms with E-state index in [1.165, 1.54) is 36.0 Å². The molecule has 3 heterocycles. The fourth-order valence-corrected chi connectivity index (χ4v) is 4.04. The Morgan fingerprint density at radius 1 is 0.889 bits per heavy atom. The van der Waals surface area contributed by atoms with Crippen molar-refractivity contribution in [2.75, 3.05) is 26.2 Å². The van der Waals surface area contributed by atoms with Crippen LogP contribution in [0.3, 0.4) is 0 Å². The molecule has 1 fully saturated rings. The molecule has 2 amide bonds. The van der Waals surface area contributed by atoms with Gasteiger partial charge >= 0.3 is 0 Å². The lowest BCUT2D eigenvalue weighted by Gasteiger charge is -2.34. The van der Waals surface area contributed by atoms with Gasteiger partial charge in [0, 0.05) is 31.1 Å². The molecule has 1 aliphatic heterocycles. The predicted molar refractivity (Wildman–Crippen MR) is 100 cm³/mol. The fourth-order valence-electron chi connectivity index (χ4n) is 3.06. The van der Waals surface area contributed by atoms with Crippen LogP contribution in [-0.2, 0) is 0 Å². The van der Waals surface area contributed by atoms with Crippen LogP contribution in [0.1, 0.15) is 20.0 Å². The average Bonchev–Trinajstić information content (AvgIpc) is 3.40. The molecular weight excluding hydrogens is 367 g/mol. The molecule has 138 valence electrons. The Kier molecular flexibility index (Phi) is 4.77. The maximum absolute atomic E-state index is 13.1. The molecule has 0 atom stereocenters. The van der Waals surface area contributed by atoms with Gasteiger partial charge in [-0.2, -0.15) is 0 Å². The van der Waals surface area contributed by atoms with Crippen molar-refractivity contribution < 1.29 is 18.4 Å². The molecule has 0 aliphatic carbocycles. The zero-order valence-electron chi connectivity index (χ0n) is 14.4. The molecule has 1 aliphatic rings. The number of thiophene rings is 1. The molecule has 0 radical (unpaired) electrons. The van der Waals surface area contributed by atoms with Crippen molar-refractivity contribution >= 4 is 23.2 Å². The molecule has 0 spiro atoms. The Hall–Kier alpha value is -2.93. The molecule has 27 heavy (non-hydrogen) atoms. The minimum absolute atomic E-state index is 0.0382. The number of rotatable bonds is 3. The second-order valence-electron chi connectivity index (χ2n) is 6.27. The lowest BCUT2D eigenvalue weighted by atomic mass is 10.2. The summed E-state index contributed by atoms with van der Waals surface area (Å²) in [5.74, 6) is -0.399. The highest BCUT2D eigenvalue weighted by atomic mass is 32.1. The van der Waals surface area contributed by atoms with Crippen LogP contribution in [0.5, 0.6) is 0 Å². The van der Waals surface area contributed by atoms with Crippen LogP contribution in [0.25, 0.3) is 10.4 Å². The first-order valence-electron chi connectivity index (χ1n) is 8.58. The van der Waals surface area contributed by atoms with E-state index in [0.717, 1.165) is 10.4 Å². The highest BCUT2D eigenvalue weighted by Crippen LogP contribution is 2.29. The van der Waals surface area contributed by atoms with Crippen LogP contribution in [0.4, 0.5) is 4.39 Å². The van der Waals surface area contributed by atoms with Gasteiger partial charge in [-0.15, -0.1) is 11.3 Å². The van der Waals surface area contributed by atoms with Crippen LogP contribution in [-0.4, -0.2) is 47.8 Å². The Balaban J connectivity index is 1.40. The van der Waals surface area contributed by atoms with Crippen LogP contribution < -0.4 is 0 Å². The number of carbonyl (C=O) groups excluding carboxylic acids is 2. The van der Waals surface area contributed by atoms with E-state index in [1.807, 2.05) is 6.07 Å². The highest BCUT2D eigenvalue weighted by molar-refractivity contribution is 7.17. The summed E-state index contributed by atoms with van der Waals surface area (Å²) in [4.78, 5) is 30.1. The molecule has 5 nitrogen and oxygen atoms in total. The first-order chi connectivity index (χ1) is 13.1. The van der Waals surface area contributed by atoms with Crippen molar-refractivity contribution in [3.05, 3.63) is 71.2 Å². The maximum Gasteiger partial charge on any atom is 0.264 e. The van der Waals surface area contributed by atoms with Crippen molar-refractivity contribution in [3.8, 4) is 10.4 Å². The molecule has 0 N–H and O–H groups in total. The molecule has 0 bridgehead atoms. The van der Waals surface area contributed by atoms with Crippen molar-refractivity contribution in [3.63, 3.8) is 0 Å². The lowest BCUT2D eigenvalue weighted by Crippen LogP contribution is -2.50. The standard InChI is InChI=1S/C20H17FN2O3S/c21-16-3-1-14(2-4-16)17-5-6-18(27-17)20(25)23-10-8-22(9-11-23)19(24)15-7-12-26-13-15/h1-7,12-13H,8-11H2. The smallest absolute Gasteiger partial charge is 0.264 e. The minimum Gasteiger partial charge on any atom is -0.472 e. The molecule has 7 heteroatoms. The van der Waals surface area contributed by atoms with Gasteiger partial charge in [-0.3, -0.25) is 9.59 Å². The molecule has 2 aromatic heterocycles. The Bertz CT molecular complexity index is 942. The van der Waals surface area contributed by atoms with Crippen LogP contribution in [0.2, 0.25) is 0 Å². The van der Waals surface area contributed by atoms with E-state index in [1.54, 1.807) is 34.1 Å². The quantitative estimate of drug-likeness (QED) is 0.691. The number of halogens is 1. The first-order valence-corrected chi connectivity index (χ1v) is 9.40. The van der Waals surface area contributed by atoms with Gasteiger partial charge in [0.1, 0.15) is 12.1 Å².